The highest BCUT2D eigenvalue weighted by atomic mass is 19.4. The summed E-state index contributed by atoms with van der Waals surface area (Å²) in [6.07, 6.45) is -3.35. The van der Waals surface area contributed by atoms with Crippen molar-refractivity contribution in [1.82, 2.24) is 10.2 Å². The molecule has 0 saturated heterocycles. The van der Waals surface area contributed by atoms with E-state index in [1.807, 2.05) is 0 Å². The molecule has 0 rings (SSSR count). The minimum Gasteiger partial charge on any atom is -0.481 e. The monoisotopic (exact) mass is 298 g/mol. The molecule has 2 N–H and O–H groups in total. The van der Waals surface area contributed by atoms with E-state index < -0.39 is 30.8 Å². The van der Waals surface area contributed by atoms with Crippen molar-refractivity contribution >= 4 is 12.0 Å². The van der Waals surface area contributed by atoms with Gasteiger partial charge < -0.3 is 15.3 Å². The number of alkyl halides is 3. The summed E-state index contributed by atoms with van der Waals surface area (Å²) in [6, 6.07) is -1.53. The molecule has 0 aromatic rings. The molecule has 8 heteroatoms. The Hall–Kier alpha value is -1.47. The van der Waals surface area contributed by atoms with E-state index in [0.717, 1.165) is 0 Å². The van der Waals surface area contributed by atoms with E-state index in [4.69, 9.17) is 5.11 Å². The molecule has 2 amide bonds. The van der Waals surface area contributed by atoms with Crippen molar-refractivity contribution in [3.63, 3.8) is 0 Å². The Labute approximate surface area is 116 Å². The Balaban J connectivity index is 4.65. The second kappa shape index (κ2) is 8.65. The molecule has 0 fully saturated rings. The molecule has 118 valence electrons. The summed E-state index contributed by atoms with van der Waals surface area (Å²) in [5.41, 5.74) is 0. The lowest BCUT2D eigenvalue weighted by Gasteiger charge is -2.26. The lowest BCUT2D eigenvalue weighted by atomic mass is 10.1. The van der Waals surface area contributed by atoms with Crippen LogP contribution in [0.3, 0.4) is 0 Å². The maximum Gasteiger partial charge on any atom is 0.406 e. The quantitative estimate of drug-likeness (QED) is 0.723. The number of urea groups is 1. The second-order valence-corrected chi connectivity index (χ2v) is 4.57. The Kier molecular flexibility index (Phi) is 8.02. The van der Waals surface area contributed by atoms with Crippen molar-refractivity contribution in [2.45, 2.75) is 51.7 Å². The largest absolute Gasteiger partial charge is 0.481 e. The molecular formula is C12H21F3N2O3. The van der Waals surface area contributed by atoms with E-state index in [2.05, 4.69) is 5.32 Å². The lowest BCUT2D eigenvalue weighted by molar-refractivity contribution is -0.141. The zero-order chi connectivity index (χ0) is 15.8. The molecule has 0 aromatic carbocycles. The van der Waals surface area contributed by atoms with Crippen molar-refractivity contribution in [2.24, 2.45) is 0 Å². The third kappa shape index (κ3) is 8.60. The zero-order valence-corrected chi connectivity index (χ0v) is 11.7. The summed E-state index contributed by atoms with van der Waals surface area (Å²) in [4.78, 5) is 23.1. The maximum absolute atomic E-state index is 12.4. The highest BCUT2D eigenvalue weighted by molar-refractivity contribution is 5.76. The van der Waals surface area contributed by atoms with Crippen LogP contribution in [0.25, 0.3) is 0 Å². The standard InChI is InChI=1S/C12H21F3N2O3/c1-3-5-9(7-10(18)19)16-11(20)17(6-4-2)8-12(13,14)15/h9H,3-8H2,1-2H3,(H,16,20)(H,18,19). The van der Waals surface area contributed by atoms with Gasteiger partial charge in [0.2, 0.25) is 0 Å². The number of carbonyl (C=O) groups excluding carboxylic acids is 1. The summed E-state index contributed by atoms with van der Waals surface area (Å²) in [5.74, 6) is -1.10. The first-order valence-electron chi connectivity index (χ1n) is 6.53. The number of nitrogens with one attached hydrogen (secondary N) is 1. The van der Waals surface area contributed by atoms with Crippen LogP contribution in [0.2, 0.25) is 0 Å². The number of nitrogens with zero attached hydrogens (tertiary/aromatic N) is 1. The van der Waals surface area contributed by atoms with Gasteiger partial charge in [0.15, 0.2) is 0 Å². The van der Waals surface area contributed by atoms with Crippen LogP contribution in [-0.2, 0) is 4.79 Å². The predicted molar refractivity (Wildman–Crippen MR) is 67.4 cm³/mol. The SMILES string of the molecule is CCCC(CC(=O)O)NC(=O)N(CCC)CC(F)(F)F. The summed E-state index contributed by atoms with van der Waals surface area (Å²) >= 11 is 0. The second-order valence-electron chi connectivity index (χ2n) is 4.57. The van der Waals surface area contributed by atoms with Crippen molar-refractivity contribution in [1.29, 1.82) is 0 Å². The van der Waals surface area contributed by atoms with Crippen LogP contribution in [0.1, 0.15) is 39.5 Å². The number of aliphatic carboxylic acids is 1. The highest BCUT2D eigenvalue weighted by Crippen LogP contribution is 2.17. The van der Waals surface area contributed by atoms with E-state index >= 15 is 0 Å². The van der Waals surface area contributed by atoms with Crippen molar-refractivity contribution in [2.75, 3.05) is 13.1 Å². The molecule has 0 aliphatic carbocycles. The first-order valence-corrected chi connectivity index (χ1v) is 6.53. The number of carboxylic acids is 1. The van der Waals surface area contributed by atoms with Crippen molar-refractivity contribution in [3.8, 4) is 0 Å². The Morgan fingerprint density at radius 1 is 1.25 bits per heavy atom. The van der Waals surface area contributed by atoms with Gasteiger partial charge in [-0.15, -0.1) is 0 Å². The fourth-order valence-electron chi connectivity index (χ4n) is 1.79. The van der Waals surface area contributed by atoms with Crippen molar-refractivity contribution < 1.29 is 27.9 Å². The Bertz CT molecular complexity index is 322. The fraction of sp³-hybridized carbons (Fsp3) is 0.833. The molecule has 0 heterocycles. The van der Waals surface area contributed by atoms with Gasteiger partial charge >= 0.3 is 18.2 Å². The van der Waals surface area contributed by atoms with Crippen LogP contribution in [0.4, 0.5) is 18.0 Å². The van der Waals surface area contributed by atoms with Crippen LogP contribution < -0.4 is 5.32 Å². The van der Waals surface area contributed by atoms with Gasteiger partial charge in [-0.2, -0.15) is 13.2 Å². The van der Waals surface area contributed by atoms with Crippen LogP contribution >= 0.6 is 0 Å². The molecule has 0 spiro atoms. The van der Waals surface area contributed by atoms with Crippen LogP contribution in [0, 0.1) is 0 Å². The van der Waals surface area contributed by atoms with Gasteiger partial charge in [0.1, 0.15) is 6.54 Å². The average molecular weight is 298 g/mol. The lowest BCUT2D eigenvalue weighted by Crippen LogP contribution is -2.48. The summed E-state index contributed by atoms with van der Waals surface area (Å²) in [5, 5.41) is 11.1. The van der Waals surface area contributed by atoms with E-state index in [-0.39, 0.29) is 13.0 Å². The van der Waals surface area contributed by atoms with Gasteiger partial charge in [0.25, 0.3) is 0 Å². The van der Waals surface area contributed by atoms with Crippen LogP contribution in [0.5, 0.6) is 0 Å². The third-order valence-corrected chi connectivity index (χ3v) is 2.54. The third-order valence-electron chi connectivity index (χ3n) is 2.54. The van der Waals surface area contributed by atoms with E-state index in [9.17, 15) is 22.8 Å². The van der Waals surface area contributed by atoms with Crippen LogP contribution in [-0.4, -0.2) is 47.3 Å². The summed E-state index contributed by atoms with van der Waals surface area (Å²) in [6.45, 7) is 2.10. The zero-order valence-electron chi connectivity index (χ0n) is 11.7. The minimum atomic E-state index is -4.47. The summed E-state index contributed by atoms with van der Waals surface area (Å²) in [7, 11) is 0. The molecular weight excluding hydrogens is 277 g/mol. The van der Waals surface area contributed by atoms with E-state index in [1.165, 1.54) is 0 Å². The molecule has 20 heavy (non-hydrogen) atoms. The molecule has 0 aliphatic rings. The number of hydrogen-bond donors (Lipinski definition) is 2. The van der Waals surface area contributed by atoms with Crippen molar-refractivity contribution in [3.05, 3.63) is 0 Å². The topological polar surface area (TPSA) is 69.6 Å². The summed E-state index contributed by atoms with van der Waals surface area (Å²) < 4.78 is 37.1. The van der Waals surface area contributed by atoms with Gasteiger partial charge in [-0.3, -0.25) is 4.79 Å². The molecule has 0 radical (unpaired) electrons. The van der Waals surface area contributed by atoms with E-state index in [0.29, 0.717) is 24.2 Å². The minimum absolute atomic E-state index is 0.0305. The first-order chi connectivity index (χ1) is 9.19. The number of halogens is 3. The molecule has 5 nitrogen and oxygen atoms in total. The molecule has 0 bridgehead atoms. The van der Waals surface area contributed by atoms with Gasteiger partial charge in [0, 0.05) is 12.6 Å². The van der Waals surface area contributed by atoms with Gasteiger partial charge in [-0.25, -0.2) is 4.79 Å². The number of hydrogen-bond acceptors (Lipinski definition) is 2. The molecule has 1 unspecified atom stereocenters. The molecule has 0 aromatic heterocycles. The van der Waals surface area contributed by atoms with Crippen LogP contribution in [0.15, 0.2) is 0 Å². The molecule has 0 aliphatic heterocycles. The molecule has 0 saturated carbocycles. The fourth-order valence-corrected chi connectivity index (χ4v) is 1.79. The Morgan fingerprint density at radius 2 is 1.85 bits per heavy atom. The predicted octanol–water partition coefficient (Wildman–Crippen LogP) is 2.61. The normalized spacial score (nSPS) is 12.8. The first kappa shape index (κ1) is 18.5. The molecule has 1 atom stereocenters. The van der Waals surface area contributed by atoms with E-state index in [1.54, 1.807) is 13.8 Å². The number of carboxylic acid groups (broad SMARTS) is 1. The number of amides is 2. The van der Waals surface area contributed by atoms with Gasteiger partial charge in [-0.05, 0) is 12.8 Å². The maximum atomic E-state index is 12.4. The average Bonchev–Trinajstić information content (AvgIpc) is 2.26. The smallest absolute Gasteiger partial charge is 0.406 e. The highest BCUT2D eigenvalue weighted by Gasteiger charge is 2.33. The number of carbonyl (C=O) groups is 2. The van der Waals surface area contributed by atoms with Gasteiger partial charge in [-0.1, -0.05) is 20.3 Å². The van der Waals surface area contributed by atoms with Gasteiger partial charge in [0.05, 0.1) is 6.42 Å². The Morgan fingerprint density at radius 3 is 2.25 bits per heavy atom. The number of rotatable bonds is 8.